The third-order valence-electron chi connectivity index (χ3n) is 2.91. The molecule has 1 aromatic heterocycles. The Bertz CT molecular complexity index is 552. The van der Waals surface area contributed by atoms with Gasteiger partial charge >= 0.3 is 0 Å². The molecule has 5 heteroatoms. The summed E-state index contributed by atoms with van der Waals surface area (Å²) in [5, 5.41) is 11.5. The third-order valence-corrected chi connectivity index (χ3v) is 2.91. The van der Waals surface area contributed by atoms with Gasteiger partial charge in [-0.1, -0.05) is 26.8 Å². The van der Waals surface area contributed by atoms with Crippen molar-refractivity contribution in [2.24, 2.45) is 0 Å². The molecule has 0 fully saturated rings. The summed E-state index contributed by atoms with van der Waals surface area (Å²) in [6, 6.07) is 8.20. The Morgan fingerprint density at radius 3 is 2.90 bits per heavy atom. The van der Waals surface area contributed by atoms with E-state index in [-0.39, 0.29) is 0 Å². The maximum Gasteiger partial charge on any atom is 0.247 e. The van der Waals surface area contributed by atoms with E-state index in [1.54, 1.807) is 0 Å². The lowest BCUT2D eigenvalue weighted by atomic mass is 10.2. The van der Waals surface area contributed by atoms with Crippen molar-refractivity contribution in [2.75, 3.05) is 13.2 Å². The monoisotopic (exact) mass is 289 g/mol. The summed E-state index contributed by atoms with van der Waals surface area (Å²) in [5.74, 6) is 2.02. The number of hydrogen-bond donors (Lipinski definition) is 1. The average Bonchev–Trinajstić information content (AvgIpc) is 2.94. The van der Waals surface area contributed by atoms with Crippen LogP contribution in [0.4, 0.5) is 0 Å². The third kappa shape index (κ3) is 4.86. The van der Waals surface area contributed by atoms with Gasteiger partial charge in [0, 0.05) is 24.6 Å². The highest BCUT2D eigenvalue weighted by Crippen LogP contribution is 2.23. The van der Waals surface area contributed by atoms with Gasteiger partial charge in [-0.25, -0.2) is 0 Å². The lowest BCUT2D eigenvalue weighted by molar-refractivity contribution is 0.317. The van der Waals surface area contributed by atoms with Crippen molar-refractivity contribution >= 4 is 0 Å². The molecule has 0 aliphatic rings. The van der Waals surface area contributed by atoms with E-state index in [2.05, 4.69) is 36.3 Å². The number of nitrogens with one attached hydrogen (secondary N) is 1. The molecule has 0 aliphatic heterocycles. The van der Waals surface area contributed by atoms with Crippen LogP contribution in [0, 0.1) is 0 Å². The van der Waals surface area contributed by atoms with Crippen LogP contribution in [-0.2, 0) is 6.42 Å². The fourth-order valence-electron chi connectivity index (χ4n) is 1.88. The Balaban J connectivity index is 2.00. The van der Waals surface area contributed by atoms with Crippen molar-refractivity contribution in [1.29, 1.82) is 0 Å². The quantitative estimate of drug-likeness (QED) is 0.809. The normalized spacial score (nSPS) is 11.0. The first-order valence-electron chi connectivity index (χ1n) is 7.48. The van der Waals surface area contributed by atoms with Gasteiger partial charge in [-0.2, -0.15) is 0 Å². The predicted molar refractivity (Wildman–Crippen MR) is 82.4 cm³/mol. The molecular weight excluding hydrogens is 266 g/mol. The number of hydrogen-bond acceptors (Lipinski definition) is 5. The van der Waals surface area contributed by atoms with E-state index in [0.29, 0.717) is 24.4 Å². The summed E-state index contributed by atoms with van der Waals surface area (Å²) >= 11 is 0. The zero-order valence-electron chi connectivity index (χ0n) is 12.9. The molecule has 21 heavy (non-hydrogen) atoms. The van der Waals surface area contributed by atoms with Crippen LogP contribution in [0.3, 0.4) is 0 Å². The van der Waals surface area contributed by atoms with Crippen molar-refractivity contribution in [3.8, 4) is 17.2 Å². The van der Waals surface area contributed by atoms with Gasteiger partial charge in [0.05, 0.1) is 6.61 Å². The zero-order chi connectivity index (χ0) is 15.1. The van der Waals surface area contributed by atoms with Crippen LogP contribution in [-0.4, -0.2) is 29.4 Å². The molecule has 1 N–H and O–H groups in total. The topological polar surface area (TPSA) is 60.2 Å². The molecule has 0 radical (unpaired) electrons. The molecule has 0 unspecified atom stereocenters. The largest absolute Gasteiger partial charge is 0.494 e. The van der Waals surface area contributed by atoms with Crippen molar-refractivity contribution in [3.05, 3.63) is 30.2 Å². The van der Waals surface area contributed by atoms with Gasteiger partial charge in [0.25, 0.3) is 0 Å². The fraction of sp³-hybridized carbons (Fsp3) is 0.500. The number of rotatable bonds is 8. The number of benzene rings is 1. The summed E-state index contributed by atoms with van der Waals surface area (Å²) in [7, 11) is 0. The molecule has 1 aromatic carbocycles. The van der Waals surface area contributed by atoms with Gasteiger partial charge < -0.3 is 14.5 Å². The predicted octanol–water partition coefficient (Wildman–Crippen LogP) is 3.07. The number of aromatic nitrogens is 2. The second kappa shape index (κ2) is 7.78. The summed E-state index contributed by atoms with van der Waals surface area (Å²) in [5.41, 5.74) is 0.888. The molecule has 114 valence electrons. The van der Waals surface area contributed by atoms with Crippen LogP contribution in [0.15, 0.2) is 28.7 Å². The van der Waals surface area contributed by atoms with Crippen molar-refractivity contribution in [2.45, 2.75) is 39.7 Å². The molecule has 0 atom stereocenters. The maximum absolute atomic E-state index is 5.69. The maximum atomic E-state index is 5.69. The average molecular weight is 289 g/mol. The first-order chi connectivity index (χ1) is 10.2. The molecule has 0 bridgehead atoms. The molecule has 1 heterocycles. The summed E-state index contributed by atoms with van der Waals surface area (Å²) in [6.45, 7) is 7.85. The summed E-state index contributed by atoms with van der Waals surface area (Å²) < 4.78 is 11.3. The molecule has 0 saturated heterocycles. The van der Waals surface area contributed by atoms with Crippen LogP contribution in [0.25, 0.3) is 11.5 Å². The molecule has 5 nitrogen and oxygen atoms in total. The van der Waals surface area contributed by atoms with Gasteiger partial charge in [0.15, 0.2) is 0 Å². The van der Waals surface area contributed by atoms with Gasteiger partial charge in [-0.15, -0.1) is 10.2 Å². The molecule has 2 aromatic rings. The molecule has 0 saturated carbocycles. The highest BCUT2D eigenvalue weighted by Gasteiger charge is 2.09. The van der Waals surface area contributed by atoms with Crippen molar-refractivity contribution in [3.63, 3.8) is 0 Å². The van der Waals surface area contributed by atoms with Gasteiger partial charge in [0.2, 0.25) is 11.8 Å². The molecule has 0 amide bonds. The van der Waals surface area contributed by atoms with E-state index in [4.69, 9.17) is 9.15 Å². The van der Waals surface area contributed by atoms with E-state index >= 15 is 0 Å². The van der Waals surface area contributed by atoms with Gasteiger partial charge in [-0.05, 0) is 24.6 Å². The highest BCUT2D eigenvalue weighted by molar-refractivity contribution is 5.55. The second-order valence-corrected chi connectivity index (χ2v) is 5.24. The Labute approximate surface area is 125 Å². The van der Waals surface area contributed by atoms with E-state index < -0.39 is 0 Å². The Morgan fingerprint density at radius 1 is 1.29 bits per heavy atom. The van der Waals surface area contributed by atoms with Crippen molar-refractivity contribution < 1.29 is 9.15 Å². The van der Waals surface area contributed by atoms with Crippen LogP contribution in [0.1, 0.15) is 33.1 Å². The van der Waals surface area contributed by atoms with Crippen LogP contribution < -0.4 is 10.1 Å². The molecular formula is C16H23N3O2. The minimum Gasteiger partial charge on any atom is -0.494 e. The van der Waals surface area contributed by atoms with Crippen LogP contribution in [0.2, 0.25) is 0 Å². The standard InChI is InChI=1S/C16H23N3O2/c1-4-10-20-14-7-5-6-13(11-14)16-19-18-15(21-16)8-9-17-12(2)3/h5-7,11-12,17H,4,8-10H2,1-3H3. The molecule has 0 aliphatic carbocycles. The van der Waals surface area contributed by atoms with E-state index in [1.807, 2.05) is 24.3 Å². The van der Waals surface area contributed by atoms with Gasteiger partial charge in [-0.3, -0.25) is 0 Å². The fourth-order valence-corrected chi connectivity index (χ4v) is 1.88. The lowest BCUT2D eigenvalue weighted by Crippen LogP contribution is -2.25. The van der Waals surface area contributed by atoms with Gasteiger partial charge in [0.1, 0.15) is 5.75 Å². The Morgan fingerprint density at radius 2 is 2.14 bits per heavy atom. The first-order valence-corrected chi connectivity index (χ1v) is 7.48. The van der Waals surface area contributed by atoms with Crippen LogP contribution >= 0.6 is 0 Å². The minimum atomic E-state index is 0.458. The van der Waals surface area contributed by atoms with E-state index in [0.717, 1.165) is 30.7 Å². The number of nitrogens with zero attached hydrogens (tertiary/aromatic N) is 2. The Hall–Kier alpha value is -1.88. The highest BCUT2D eigenvalue weighted by atomic mass is 16.5. The molecule has 2 rings (SSSR count). The second-order valence-electron chi connectivity index (χ2n) is 5.24. The Kier molecular flexibility index (Phi) is 5.75. The summed E-state index contributed by atoms with van der Waals surface area (Å²) in [6.07, 6.45) is 1.72. The zero-order valence-corrected chi connectivity index (χ0v) is 12.9. The minimum absolute atomic E-state index is 0.458. The smallest absolute Gasteiger partial charge is 0.247 e. The molecule has 0 spiro atoms. The van der Waals surface area contributed by atoms with Crippen molar-refractivity contribution in [1.82, 2.24) is 15.5 Å². The lowest BCUT2D eigenvalue weighted by Gasteiger charge is -2.05. The SMILES string of the molecule is CCCOc1cccc(-c2nnc(CCNC(C)C)o2)c1. The first kappa shape index (κ1) is 15.5. The summed E-state index contributed by atoms with van der Waals surface area (Å²) in [4.78, 5) is 0. The number of ether oxygens (including phenoxy) is 1. The van der Waals surface area contributed by atoms with E-state index in [1.165, 1.54) is 0 Å². The van der Waals surface area contributed by atoms with Crippen LogP contribution in [0.5, 0.6) is 5.75 Å². The van der Waals surface area contributed by atoms with E-state index in [9.17, 15) is 0 Å².